The van der Waals surface area contributed by atoms with Crippen LogP contribution in [0.4, 0.5) is 17.2 Å². The van der Waals surface area contributed by atoms with Crippen LogP contribution in [0.2, 0.25) is 0 Å². The first-order valence-corrected chi connectivity index (χ1v) is 5.53. The van der Waals surface area contributed by atoms with Gasteiger partial charge >= 0.3 is 0 Å². The van der Waals surface area contributed by atoms with Gasteiger partial charge in [-0.2, -0.15) is 5.10 Å². The van der Waals surface area contributed by atoms with E-state index in [4.69, 9.17) is 0 Å². The summed E-state index contributed by atoms with van der Waals surface area (Å²) in [5.41, 5.74) is 3.45. The standard InChI is InChI=1S/C12H14N4/c1-2-16-12-9(8-14-16)7-13-10-5-3-4-6-11(10)15-12/h3-6,8,13,15H,2,7H2,1H3. The molecule has 4 heteroatoms. The van der Waals surface area contributed by atoms with Crippen molar-refractivity contribution in [1.29, 1.82) is 0 Å². The minimum atomic E-state index is 0.819. The van der Waals surface area contributed by atoms with E-state index in [-0.39, 0.29) is 0 Å². The largest absolute Gasteiger partial charge is 0.379 e. The summed E-state index contributed by atoms with van der Waals surface area (Å²) >= 11 is 0. The molecule has 0 spiro atoms. The summed E-state index contributed by atoms with van der Waals surface area (Å²) in [6.07, 6.45) is 1.92. The summed E-state index contributed by atoms with van der Waals surface area (Å²) in [5, 5.41) is 11.2. The molecule has 4 nitrogen and oxygen atoms in total. The normalized spacial score (nSPS) is 13.1. The second kappa shape index (κ2) is 3.56. The van der Waals surface area contributed by atoms with Crippen molar-refractivity contribution in [2.45, 2.75) is 20.0 Å². The number of rotatable bonds is 1. The van der Waals surface area contributed by atoms with E-state index < -0.39 is 0 Å². The number of aryl methyl sites for hydroxylation is 1. The Bertz CT molecular complexity index is 515. The van der Waals surface area contributed by atoms with E-state index in [0.717, 1.165) is 30.3 Å². The van der Waals surface area contributed by atoms with E-state index in [1.165, 1.54) is 5.56 Å². The zero-order valence-electron chi connectivity index (χ0n) is 9.20. The molecule has 0 bridgehead atoms. The van der Waals surface area contributed by atoms with E-state index in [2.05, 4.69) is 34.8 Å². The first-order valence-electron chi connectivity index (χ1n) is 5.53. The molecule has 1 aliphatic heterocycles. The number of fused-ring (bicyclic) bond motifs is 2. The van der Waals surface area contributed by atoms with E-state index in [0.29, 0.717) is 0 Å². The van der Waals surface area contributed by atoms with Crippen LogP contribution in [0.3, 0.4) is 0 Å². The van der Waals surface area contributed by atoms with E-state index in [1.807, 2.05) is 23.0 Å². The highest BCUT2D eigenvalue weighted by Gasteiger charge is 2.15. The molecule has 1 aromatic carbocycles. The molecule has 2 N–H and O–H groups in total. The van der Waals surface area contributed by atoms with Gasteiger partial charge < -0.3 is 10.6 Å². The van der Waals surface area contributed by atoms with Gasteiger partial charge in [-0.05, 0) is 19.1 Å². The molecule has 0 saturated heterocycles. The van der Waals surface area contributed by atoms with Crippen LogP contribution >= 0.6 is 0 Å². The molecule has 2 aromatic rings. The molecule has 0 aliphatic carbocycles. The minimum Gasteiger partial charge on any atom is -0.379 e. The van der Waals surface area contributed by atoms with Crippen molar-refractivity contribution in [2.75, 3.05) is 10.6 Å². The Morgan fingerprint density at radius 2 is 2.12 bits per heavy atom. The molecule has 3 rings (SSSR count). The van der Waals surface area contributed by atoms with Crippen molar-refractivity contribution < 1.29 is 0 Å². The third kappa shape index (κ3) is 1.34. The van der Waals surface area contributed by atoms with Gasteiger partial charge in [-0.3, -0.25) is 0 Å². The van der Waals surface area contributed by atoms with Gasteiger partial charge in [-0.25, -0.2) is 4.68 Å². The summed E-state index contributed by atoms with van der Waals surface area (Å²) in [6, 6.07) is 8.23. The lowest BCUT2D eigenvalue weighted by Gasteiger charge is -2.09. The van der Waals surface area contributed by atoms with Crippen LogP contribution in [0, 0.1) is 0 Å². The monoisotopic (exact) mass is 214 g/mol. The summed E-state index contributed by atoms with van der Waals surface area (Å²) in [6.45, 7) is 3.79. The van der Waals surface area contributed by atoms with E-state index >= 15 is 0 Å². The van der Waals surface area contributed by atoms with Gasteiger partial charge in [0.25, 0.3) is 0 Å². The van der Waals surface area contributed by atoms with E-state index in [1.54, 1.807) is 0 Å². The first kappa shape index (κ1) is 9.27. The lowest BCUT2D eigenvalue weighted by atomic mass is 10.2. The molecule has 16 heavy (non-hydrogen) atoms. The fourth-order valence-electron chi connectivity index (χ4n) is 2.00. The van der Waals surface area contributed by atoms with Gasteiger partial charge in [-0.1, -0.05) is 12.1 Å². The fraction of sp³-hybridized carbons (Fsp3) is 0.250. The smallest absolute Gasteiger partial charge is 0.133 e. The summed E-state index contributed by atoms with van der Waals surface area (Å²) in [4.78, 5) is 0. The third-order valence-electron chi connectivity index (χ3n) is 2.86. The van der Waals surface area contributed by atoms with Gasteiger partial charge in [0.1, 0.15) is 5.82 Å². The number of anilines is 3. The highest BCUT2D eigenvalue weighted by Crippen LogP contribution is 2.31. The molecule has 82 valence electrons. The summed E-state index contributed by atoms with van der Waals surface area (Å²) < 4.78 is 1.99. The number of nitrogens with zero attached hydrogens (tertiary/aromatic N) is 2. The van der Waals surface area contributed by atoms with Crippen LogP contribution in [-0.2, 0) is 13.1 Å². The lowest BCUT2D eigenvalue weighted by Crippen LogP contribution is -2.03. The second-order valence-corrected chi connectivity index (χ2v) is 3.86. The van der Waals surface area contributed by atoms with Gasteiger partial charge in [-0.15, -0.1) is 0 Å². The van der Waals surface area contributed by atoms with Crippen LogP contribution in [0.1, 0.15) is 12.5 Å². The number of para-hydroxylation sites is 2. The third-order valence-corrected chi connectivity index (χ3v) is 2.86. The van der Waals surface area contributed by atoms with Gasteiger partial charge in [0, 0.05) is 18.7 Å². The average Bonchev–Trinajstić information content (AvgIpc) is 2.61. The Hall–Kier alpha value is -1.97. The molecular weight excluding hydrogens is 200 g/mol. The lowest BCUT2D eigenvalue weighted by molar-refractivity contribution is 0.668. The molecule has 2 heterocycles. The highest BCUT2D eigenvalue weighted by molar-refractivity contribution is 5.76. The Labute approximate surface area is 94.3 Å². The molecule has 0 amide bonds. The maximum Gasteiger partial charge on any atom is 0.133 e. The maximum absolute atomic E-state index is 4.35. The van der Waals surface area contributed by atoms with Crippen LogP contribution in [0.15, 0.2) is 30.5 Å². The fourth-order valence-corrected chi connectivity index (χ4v) is 2.00. The molecule has 0 saturated carbocycles. The number of aromatic nitrogens is 2. The Kier molecular flexibility index (Phi) is 2.06. The van der Waals surface area contributed by atoms with Gasteiger partial charge in [0.2, 0.25) is 0 Å². The molecule has 0 fully saturated rings. The highest BCUT2D eigenvalue weighted by atomic mass is 15.3. The SMILES string of the molecule is CCn1ncc2c1Nc1ccccc1NC2. The van der Waals surface area contributed by atoms with Crippen molar-refractivity contribution in [2.24, 2.45) is 0 Å². The maximum atomic E-state index is 4.35. The summed E-state index contributed by atoms with van der Waals surface area (Å²) in [5.74, 6) is 1.10. The van der Waals surface area contributed by atoms with Crippen molar-refractivity contribution in [1.82, 2.24) is 9.78 Å². The van der Waals surface area contributed by atoms with Crippen molar-refractivity contribution in [3.63, 3.8) is 0 Å². The number of benzene rings is 1. The topological polar surface area (TPSA) is 41.9 Å². The van der Waals surface area contributed by atoms with Crippen LogP contribution in [-0.4, -0.2) is 9.78 Å². The van der Waals surface area contributed by atoms with Crippen LogP contribution in [0.5, 0.6) is 0 Å². The van der Waals surface area contributed by atoms with E-state index in [9.17, 15) is 0 Å². The van der Waals surface area contributed by atoms with Crippen molar-refractivity contribution in [3.05, 3.63) is 36.0 Å². The van der Waals surface area contributed by atoms with Crippen LogP contribution < -0.4 is 10.6 Å². The zero-order valence-corrected chi connectivity index (χ0v) is 9.20. The molecule has 0 atom stereocenters. The quantitative estimate of drug-likeness (QED) is 0.766. The predicted octanol–water partition coefficient (Wildman–Crippen LogP) is 2.57. The second-order valence-electron chi connectivity index (χ2n) is 3.86. The molecule has 1 aliphatic rings. The van der Waals surface area contributed by atoms with Gasteiger partial charge in [0.15, 0.2) is 0 Å². The Morgan fingerprint density at radius 3 is 2.94 bits per heavy atom. The molecule has 0 unspecified atom stereocenters. The Morgan fingerprint density at radius 1 is 1.31 bits per heavy atom. The summed E-state index contributed by atoms with van der Waals surface area (Å²) in [7, 11) is 0. The molecule has 1 aromatic heterocycles. The number of hydrogen-bond acceptors (Lipinski definition) is 3. The average molecular weight is 214 g/mol. The molecule has 0 radical (unpaired) electrons. The zero-order chi connectivity index (χ0) is 11.0. The number of hydrogen-bond donors (Lipinski definition) is 2. The van der Waals surface area contributed by atoms with Crippen molar-refractivity contribution in [3.8, 4) is 0 Å². The van der Waals surface area contributed by atoms with Crippen LogP contribution in [0.25, 0.3) is 0 Å². The van der Waals surface area contributed by atoms with Gasteiger partial charge in [0.05, 0.1) is 17.6 Å². The Balaban J connectivity index is 2.08. The molecular formula is C12H14N4. The van der Waals surface area contributed by atoms with Crippen molar-refractivity contribution >= 4 is 17.2 Å². The predicted molar refractivity (Wildman–Crippen MR) is 65.0 cm³/mol. The number of nitrogens with one attached hydrogen (secondary N) is 2. The first-order chi connectivity index (χ1) is 7.88. The minimum absolute atomic E-state index is 0.819.